The average Bonchev–Trinajstić information content (AvgIpc) is 3.41. The minimum atomic E-state index is -1.03. The fourth-order valence-corrected chi connectivity index (χ4v) is 5.13. The number of carboxylic acid groups (broad SMARTS) is 1. The summed E-state index contributed by atoms with van der Waals surface area (Å²) in [7, 11) is 0. The SMILES string of the molecule is CCC(CC)c1ccc(C(C)(C)NCc2ccc(-c3csc(COc4cncc(C(=O)O)c4)n3)cc2)cc1. The molecular formula is C31H35N3O3S. The van der Waals surface area contributed by atoms with Gasteiger partial charge in [-0.1, -0.05) is 62.4 Å². The molecule has 2 aromatic heterocycles. The Bertz CT molecular complexity index is 1340. The smallest absolute Gasteiger partial charge is 0.337 e. The summed E-state index contributed by atoms with van der Waals surface area (Å²) >= 11 is 1.51. The number of aromatic nitrogens is 2. The van der Waals surface area contributed by atoms with Crippen LogP contribution in [0.2, 0.25) is 0 Å². The molecule has 4 aromatic rings. The molecule has 38 heavy (non-hydrogen) atoms. The number of rotatable bonds is 12. The van der Waals surface area contributed by atoms with E-state index < -0.39 is 5.97 Å². The Labute approximate surface area is 228 Å². The van der Waals surface area contributed by atoms with Crippen molar-refractivity contribution in [1.82, 2.24) is 15.3 Å². The monoisotopic (exact) mass is 529 g/mol. The van der Waals surface area contributed by atoms with Crippen molar-refractivity contribution in [2.24, 2.45) is 0 Å². The van der Waals surface area contributed by atoms with E-state index in [2.05, 4.69) is 91.5 Å². The summed E-state index contributed by atoms with van der Waals surface area (Å²) < 4.78 is 5.69. The number of ether oxygens (including phenoxy) is 1. The fourth-order valence-electron chi connectivity index (χ4n) is 4.42. The summed E-state index contributed by atoms with van der Waals surface area (Å²) in [5.74, 6) is 0.00416. The van der Waals surface area contributed by atoms with Gasteiger partial charge in [-0.15, -0.1) is 11.3 Å². The highest BCUT2D eigenvalue weighted by molar-refractivity contribution is 7.09. The molecule has 0 amide bonds. The second-order valence-corrected chi connectivity index (χ2v) is 10.9. The summed E-state index contributed by atoms with van der Waals surface area (Å²) in [5, 5.41) is 15.6. The van der Waals surface area contributed by atoms with E-state index in [0.29, 0.717) is 11.7 Å². The van der Waals surface area contributed by atoms with E-state index in [1.165, 1.54) is 59.3 Å². The van der Waals surface area contributed by atoms with Crippen molar-refractivity contribution in [2.75, 3.05) is 0 Å². The predicted octanol–water partition coefficient (Wildman–Crippen LogP) is 7.41. The van der Waals surface area contributed by atoms with Gasteiger partial charge in [0.2, 0.25) is 0 Å². The molecule has 2 N–H and O–H groups in total. The molecule has 0 aliphatic heterocycles. The molecule has 198 valence electrons. The number of carboxylic acids is 1. The number of nitrogens with zero attached hydrogens (tertiary/aromatic N) is 2. The van der Waals surface area contributed by atoms with Crippen molar-refractivity contribution in [3.8, 4) is 17.0 Å². The van der Waals surface area contributed by atoms with E-state index in [0.717, 1.165) is 22.8 Å². The normalized spacial score (nSPS) is 11.6. The van der Waals surface area contributed by atoms with E-state index in [4.69, 9.17) is 9.84 Å². The zero-order chi connectivity index (χ0) is 27.1. The van der Waals surface area contributed by atoms with Gasteiger partial charge in [0.1, 0.15) is 17.4 Å². The van der Waals surface area contributed by atoms with Gasteiger partial charge in [-0.25, -0.2) is 9.78 Å². The van der Waals surface area contributed by atoms with Crippen molar-refractivity contribution in [1.29, 1.82) is 0 Å². The van der Waals surface area contributed by atoms with Crippen molar-refractivity contribution in [2.45, 2.75) is 65.1 Å². The first-order valence-electron chi connectivity index (χ1n) is 13.0. The molecule has 0 atom stereocenters. The van der Waals surface area contributed by atoms with Crippen LogP contribution >= 0.6 is 11.3 Å². The number of benzene rings is 2. The number of hydrogen-bond donors (Lipinski definition) is 2. The predicted molar refractivity (Wildman–Crippen MR) is 153 cm³/mol. The van der Waals surface area contributed by atoms with Crippen LogP contribution in [0.1, 0.15) is 78.5 Å². The molecule has 0 saturated heterocycles. The van der Waals surface area contributed by atoms with Crippen LogP contribution in [0.3, 0.4) is 0 Å². The number of hydrogen-bond acceptors (Lipinski definition) is 6. The quantitative estimate of drug-likeness (QED) is 0.199. The van der Waals surface area contributed by atoms with Crippen LogP contribution in [-0.2, 0) is 18.7 Å². The van der Waals surface area contributed by atoms with E-state index in [1.807, 2.05) is 5.38 Å². The van der Waals surface area contributed by atoms with Crippen LogP contribution in [0.5, 0.6) is 5.75 Å². The van der Waals surface area contributed by atoms with Gasteiger partial charge < -0.3 is 15.2 Å². The average molecular weight is 530 g/mol. The van der Waals surface area contributed by atoms with Gasteiger partial charge in [0.25, 0.3) is 0 Å². The summed E-state index contributed by atoms with van der Waals surface area (Å²) in [6, 6.07) is 19.0. The third-order valence-electron chi connectivity index (χ3n) is 6.95. The summed E-state index contributed by atoms with van der Waals surface area (Å²) in [5.41, 5.74) is 5.80. The first kappa shape index (κ1) is 27.5. The van der Waals surface area contributed by atoms with E-state index in [9.17, 15) is 4.79 Å². The molecule has 7 heteroatoms. The molecule has 0 aliphatic carbocycles. The highest BCUT2D eigenvalue weighted by Crippen LogP contribution is 2.28. The first-order chi connectivity index (χ1) is 18.3. The lowest BCUT2D eigenvalue weighted by atomic mass is 9.89. The number of pyridine rings is 1. The maximum absolute atomic E-state index is 11.1. The summed E-state index contributed by atoms with van der Waals surface area (Å²) in [4.78, 5) is 19.7. The third-order valence-corrected chi connectivity index (χ3v) is 7.77. The molecule has 0 saturated carbocycles. The second-order valence-electron chi connectivity index (χ2n) is 9.94. The largest absolute Gasteiger partial charge is 0.485 e. The van der Waals surface area contributed by atoms with Gasteiger partial charge >= 0.3 is 5.97 Å². The van der Waals surface area contributed by atoms with Crippen molar-refractivity contribution in [3.63, 3.8) is 0 Å². The fraction of sp³-hybridized carbons (Fsp3) is 0.323. The zero-order valence-electron chi connectivity index (χ0n) is 22.4. The van der Waals surface area contributed by atoms with Gasteiger partial charge in [-0.05, 0) is 55.4 Å². The molecule has 0 unspecified atom stereocenters. The molecule has 6 nitrogen and oxygen atoms in total. The number of nitrogens with one attached hydrogen (secondary N) is 1. The Hall–Kier alpha value is -3.55. The van der Waals surface area contributed by atoms with Crippen molar-refractivity contribution < 1.29 is 14.6 Å². The molecule has 2 aromatic carbocycles. The lowest BCUT2D eigenvalue weighted by Crippen LogP contribution is -2.35. The Morgan fingerprint density at radius 2 is 1.76 bits per heavy atom. The molecule has 4 rings (SSSR count). The van der Waals surface area contributed by atoms with Crippen LogP contribution < -0.4 is 10.1 Å². The molecule has 2 heterocycles. The maximum atomic E-state index is 11.1. The highest BCUT2D eigenvalue weighted by Gasteiger charge is 2.20. The Morgan fingerprint density at radius 1 is 1.05 bits per heavy atom. The topological polar surface area (TPSA) is 84.3 Å². The summed E-state index contributed by atoms with van der Waals surface area (Å²) in [6.45, 7) is 9.97. The zero-order valence-corrected chi connectivity index (χ0v) is 23.2. The van der Waals surface area contributed by atoms with Crippen LogP contribution in [0.25, 0.3) is 11.3 Å². The molecule has 0 bridgehead atoms. The summed E-state index contributed by atoms with van der Waals surface area (Å²) in [6.07, 6.45) is 5.13. The van der Waals surface area contributed by atoms with Gasteiger partial charge in [-0.3, -0.25) is 4.98 Å². The molecule has 0 fully saturated rings. The van der Waals surface area contributed by atoms with E-state index in [1.54, 1.807) is 0 Å². The van der Waals surface area contributed by atoms with E-state index >= 15 is 0 Å². The van der Waals surface area contributed by atoms with Crippen molar-refractivity contribution >= 4 is 17.3 Å². The Morgan fingerprint density at radius 3 is 2.42 bits per heavy atom. The van der Waals surface area contributed by atoms with Crippen LogP contribution in [0.4, 0.5) is 0 Å². The Kier molecular flexibility index (Phi) is 8.92. The minimum absolute atomic E-state index is 0.0929. The molecule has 0 aliphatic rings. The van der Waals surface area contributed by atoms with Crippen molar-refractivity contribution in [3.05, 3.63) is 99.6 Å². The molecule has 0 radical (unpaired) electrons. The van der Waals surface area contributed by atoms with Crippen LogP contribution in [0, 0.1) is 0 Å². The Balaban J connectivity index is 1.33. The number of carbonyl (C=O) groups is 1. The number of aromatic carboxylic acids is 1. The van der Waals surface area contributed by atoms with Crippen LogP contribution in [-0.4, -0.2) is 21.0 Å². The lowest BCUT2D eigenvalue weighted by Gasteiger charge is -2.28. The third kappa shape index (κ3) is 6.85. The minimum Gasteiger partial charge on any atom is -0.485 e. The number of thiazole rings is 1. The first-order valence-corrected chi connectivity index (χ1v) is 13.9. The van der Waals surface area contributed by atoms with Crippen LogP contribution in [0.15, 0.2) is 72.4 Å². The second kappa shape index (κ2) is 12.3. The van der Waals surface area contributed by atoms with Gasteiger partial charge in [0.05, 0.1) is 17.5 Å². The molecular weight excluding hydrogens is 494 g/mol. The lowest BCUT2D eigenvalue weighted by molar-refractivity contribution is 0.0695. The van der Waals surface area contributed by atoms with Gasteiger partial charge in [-0.2, -0.15) is 0 Å². The van der Waals surface area contributed by atoms with E-state index in [-0.39, 0.29) is 17.7 Å². The van der Waals surface area contributed by atoms with Gasteiger partial charge in [0.15, 0.2) is 0 Å². The molecule has 0 spiro atoms. The highest BCUT2D eigenvalue weighted by atomic mass is 32.1. The standard InChI is InChI=1S/C31H35N3O3S/c1-5-22(6-2)23-11-13-26(14-12-23)31(3,4)33-16-21-7-9-24(10-8-21)28-20-38-29(34-28)19-37-27-15-25(30(35)36)17-32-18-27/h7-15,17-18,20,22,33H,5-6,16,19H2,1-4H3,(H,35,36). The maximum Gasteiger partial charge on any atom is 0.337 e. The van der Waals surface area contributed by atoms with Gasteiger partial charge in [0, 0.05) is 29.2 Å².